The maximum Gasteiger partial charge on any atom is 0.244 e. The minimum absolute atomic E-state index is 0.143. The van der Waals surface area contributed by atoms with E-state index < -0.39 is 23.0 Å². The number of anilines is 2. The molecule has 9 heteroatoms. The van der Waals surface area contributed by atoms with E-state index in [-0.39, 0.29) is 23.5 Å². The third-order valence-corrected chi connectivity index (χ3v) is 7.90. The molecule has 1 aromatic heterocycles. The number of hydrogen-bond donors (Lipinski definition) is 1. The molecule has 4 aromatic rings. The monoisotopic (exact) mass is 560 g/mol. The molecule has 0 saturated carbocycles. The van der Waals surface area contributed by atoms with Gasteiger partial charge < -0.3 is 5.32 Å². The van der Waals surface area contributed by atoms with Crippen LogP contribution >= 0.6 is 11.8 Å². The molecule has 1 aliphatic heterocycles. The van der Waals surface area contributed by atoms with E-state index >= 15 is 0 Å². The fraction of sp³-hybridized carbons (Fsp3) is 0.258. The van der Waals surface area contributed by atoms with Crippen LogP contribution in [0.5, 0.6) is 0 Å². The van der Waals surface area contributed by atoms with Gasteiger partial charge in [0.25, 0.3) is 0 Å². The molecule has 0 aliphatic carbocycles. The summed E-state index contributed by atoms with van der Waals surface area (Å²) in [6, 6.07) is 19.5. The van der Waals surface area contributed by atoms with Crippen LogP contribution in [0.2, 0.25) is 0 Å². The van der Waals surface area contributed by atoms with Gasteiger partial charge in [-0.15, -0.1) is 11.8 Å². The Morgan fingerprint density at radius 3 is 2.30 bits per heavy atom. The van der Waals surface area contributed by atoms with Crippen molar-refractivity contribution in [3.8, 4) is 5.69 Å². The molecule has 0 fully saturated rings. The van der Waals surface area contributed by atoms with Crippen LogP contribution in [0.1, 0.15) is 48.4 Å². The van der Waals surface area contributed by atoms with Gasteiger partial charge in [-0.05, 0) is 61.0 Å². The first kappa shape index (κ1) is 27.6. The van der Waals surface area contributed by atoms with Crippen LogP contribution in [0.15, 0.2) is 72.8 Å². The van der Waals surface area contributed by atoms with Gasteiger partial charge in [0.15, 0.2) is 0 Å². The Balaban J connectivity index is 1.69. The number of rotatable bonds is 5. The SMILES string of the molecule is Cc1cccc(C2SCC(=O)N(CC(=O)Nc3ccc(F)cc3)c3c2c(C(C)(C)C)nn3-c2ccc(F)cc2)c1. The predicted molar refractivity (Wildman–Crippen MR) is 155 cm³/mol. The second-order valence-electron chi connectivity index (χ2n) is 10.9. The smallest absolute Gasteiger partial charge is 0.244 e. The van der Waals surface area contributed by atoms with Gasteiger partial charge in [-0.2, -0.15) is 5.10 Å². The number of fused-ring (bicyclic) bond motifs is 1. The predicted octanol–water partition coefficient (Wildman–Crippen LogP) is 6.56. The number of carbonyl (C=O) groups is 2. The van der Waals surface area contributed by atoms with Crippen molar-refractivity contribution < 1.29 is 18.4 Å². The number of hydrogen-bond acceptors (Lipinski definition) is 4. The first-order valence-corrected chi connectivity index (χ1v) is 14.0. The molecule has 3 aromatic carbocycles. The molecule has 0 spiro atoms. The van der Waals surface area contributed by atoms with E-state index in [0.29, 0.717) is 17.2 Å². The highest BCUT2D eigenvalue weighted by Gasteiger charge is 2.40. The van der Waals surface area contributed by atoms with Gasteiger partial charge in [-0.25, -0.2) is 13.5 Å². The molecule has 2 heterocycles. The molecule has 1 N–H and O–H groups in total. The molecular formula is C31H30F2N4O2S. The average molecular weight is 561 g/mol. The molecule has 1 unspecified atom stereocenters. The molecule has 206 valence electrons. The molecule has 6 nitrogen and oxygen atoms in total. The van der Waals surface area contributed by atoms with Crippen molar-refractivity contribution in [3.63, 3.8) is 0 Å². The van der Waals surface area contributed by atoms with E-state index in [1.165, 1.54) is 53.1 Å². The number of halogens is 2. The summed E-state index contributed by atoms with van der Waals surface area (Å²) in [4.78, 5) is 28.4. The second-order valence-corrected chi connectivity index (χ2v) is 12.0. The number of carbonyl (C=O) groups excluding carboxylic acids is 2. The number of benzene rings is 3. The van der Waals surface area contributed by atoms with Crippen molar-refractivity contribution in [1.82, 2.24) is 9.78 Å². The summed E-state index contributed by atoms with van der Waals surface area (Å²) in [6.07, 6.45) is 0. The van der Waals surface area contributed by atoms with Gasteiger partial charge in [0.2, 0.25) is 11.8 Å². The summed E-state index contributed by atoms with van der Waals surface area (Å²) in [5.41, 5.74) is 4.32. The third kappa shape index (κ3) is 5.65. The first-order valence-electron chi connectivity index (χ1n) is 12.9. The summed E-state index contributed by atoms with van der Waals surface area (Å²) in [6.45, 7) is 7.92. The Bertz CT molecular complexity index is 1560. The van der Waals surface area contributed by atoms with Crippen molar-refractivity contribution >= 4 is 35.1 Å². The lowest BCUT2D eigenvalue weighted by Crippen LogP contribution is -2.40. The molecule has 1 aliphatic rings. The van der Waals surface area contributed by atoms with E-state index in [4.69, 9.17) is 5.10 Å². The lowest BCUT2D eigenvalue weighted by molar-refractivity contribution is -0.120. The van der Waals surface area contributed by atoms with Crippen molar-refractivity contribution in [2.45, 2.75) is 38.4 Å². The molecule has 5 rings (SSSR count). The Hall–Kier alpha value is -3.98. The minimum Gasteiger partial charge on any atom is -0.325 e. The van der Waals surface area contributed by atoms with Crippen molar-refractivity contribution in [3.05, 3.63) is 107 Å². The van der Waals surface area contributed by atoms with Gasteiger partial charge in [-0.1, -0.05) is 50.6 Å². The number of amides is 2. The summed E-state index contributed by atoms with van der Waals surface area (Å²) >= 11 is 1.50. The zero-order valence-electron chi connectivity index (χ0n) is 22.7. The van der Waals surface area contributed by atoms with E-state index in [2.05, 4.69) is 32.2 Å². The van der Waals surface area contributed by atoms with E-state index in [1.807, 2.05) is 25.1 Å². The highest BCUT2D eigenvalue weighted by molar-refractivity contribution is 8.00. The molecule has 1 atom stereocenters. The Kier molecular flexibility index (Phi) is 7.51. The van der Waals surface area contributed by atoms with E-state index in [0.717, 1.165) is 22.4 Å². The topological polar surface area (TPSA) is 67.2 Å². The lowest BCUT2D eigenvalue weighted by atomic mass is 9.87. The number of aromatic nitrogens is 2. The van der Waals surface area contributed by atoms with E-state index in [1.54, 1.807) is 16.8 Å². The Labute approximate surface area is 236 Å². The van der Waals surface area contributed by atoms with Crippen molar-refractivity contribution in [1.29, 1.82) is 0 Å². The second kappa shape index (κ2) is 10.9. The summed E-state index contributed by atoms with van der Waals surface area (Å²) < 4.78 is 28.9. The Morgan fingerprint density at radius 2 is 1.68 bits per heavy atom. The Morgan fingerprint density at radius 1 is 1.02 bits per heavy atom. The first-order chi connectivity index (χ1) is 19.0. The maximum atomic E-state index is 13.9. The van der Waals surface area contributed by atoms with Gasteiger partial charge in [0, 0.05) is 16.7 Å². The van der Waals surface area contributed by atoms with Crippen molar-refractivity contribution in [2.75, 3.05) is 22.5 Å². The van der Waals surface area contributed by atoms with Gasteiger partial charge in [0.05, 0.1) is 22.4 Å². The quantitative estimate of drug-likeness (QED) is 0.300. The zero-order chi connectivity index (χ0) is 28.6. The lowest BCUT2D eigenvalue weighted by Gasteiger charge is -2.24. The maximum absolute atomic E-state index is 13.9. The van der Waals surface area contributed by atoms with Crippen LogP contribution in [-0.2, 0) is 15.0 Å². The molecule has 2 amide bonds. The summed E-state index contributed by atoms with van der Waals surface area (Å²) in [5.74, 6) is -0.870. The number of aryl methyl sites for hydroxylation is 1. The molecular weight excluding hydrogens is 530 g/mol. The molecule has 0 radical (unpaired) electrons. The standard InChI is InChI=1S/C31H30F2N4O2S/c1-19-6-5-7-20(16-19)28-27-29(31(2,3)4)35-37(24-14-10-22(33)11-15-24)30(27)36(26(39)18-40-28)17-25(38)34-23-12-8-21(32)9-13-23/h5-16,28H,17-18H2,1-4H3,(H,34,38). The van der Waals surface area contributed by atoms with Crippen molar-refractivity contribution in [2.24, 2.45) is 0 Å². The fourth-order valence-corrected chi connectivity index (χ4v) is 6.00. The van der Waals surface area contributed by atoms with Crippen LogP contribution < -0.4 is 10.2 Å². The fourth-order valence-electron chi connectivity index (χ4n) is 4.81. The highest BCUT2D eigenvalue weighted by atomic mass is 32.2. The van der Waals surface area contributed by atoms with Crippen LogP contribution in [0.4, 0.5) is 20.3 Å². The van der Waals surface area contributed by atoms with Crippen LogP contribution in [0.3, 0.4) is 0 Å². The van der Waals surface area contributed by atoms with Crippen LogP contribution in [0.25, 0.3) is 5.69 Å². The van der Waals surface area contributed by atoms with Crippen LogP contribution in [-0.4, -0.2) is 33.9 Å². The average Bonchev–Trinajstić information content (AvgIpc) is 3.24. The van der Waals surface area contributed by atoms with E-state index in [9.17, 15) is 18.4 Å². The van der Waals surface area contributed by atoms with Gasteiger partial charge in [0.1, 0.15) is 24.0 Å². The number of thioether (sulfide) groups is 1. The third-order valence-electron chi connectivity index (χ3n) is 6.65. The molecule has 40 heavy (non-hydrogen) atoms. The summed E-state index contributed by atoms with van der Waals surface area (Å²) in [7, 11) is 0. The largest absolute Gasteiger partial charge is 0.325 e. The number of nitrogens with zero attached hydrogens (tertiary/aromatic N) is 3. The van der Waals surface area contributed by atoms with Gasteiger partial charge >= 0.3 is 0 Å². The zero-order valence-corrected chi connectivity index (χ0v) is 23.6. The molecule has 0 bridgehead atoms. The summed E-state index contributed by atoms with van der Waals surface area (Å²) in [5, 5.41) is 7.53. The number of nitrogens with one attached hydrogen (secondary N) is 1. The molecule has 0 saturated heterocycles. The van der Waals surface area contributed by atoms with Crippen LogP contribution in [0, 0.1) is 18.6 Å². The highest BCUT2D eigenvalue weighted by Crippen LogP contribution is 2.48. The van der Waals surface area contributed by atoms with Gasteiger partial charge in [-0.3, -0.25) is 14.5 Å². The minimum atomic E-state index is -0.436. The normalized spacial score (nSPS) is 15.5.